The molecule has 0 aromatic carbocycles. The van der Waals surface area contributed by atoms with Crippen LogP contribution < -0.4 is 10.5 Å². The molecule has 2 N–H and O–H groups in total. The summed E-state index contributed by atoms with van der Waals surface area (Å²) in [6.07, 6.45) is 4.09. The van der Waals surface area contributed by atoms with Gasteiger partial charge in [0.05, 0.1) is 11.0 Å². The second-order valence-corrected chi connectivity index (χ2v) is 5.68. The summed E-state index contributed by atoms with van der Waals surface area (Å²) in [6, 6.07) is 2.03. The molecule has 4 heteroatoms. The van der Waals surface area contributed by atoms with Crippen LogP contribution in [-0.4, -0.2) is 30.6 Å². The van der Waals surface area contributed by atoms with Crippen molar-refractivity contribution in [2.24, 2.45) is 5.73 Å². The Hall–Kier alpha value is -0.580. The van der Waals surface area contributed by atoms with E-state index in [-0.39, 0.29) is 6.10 Å². The largest absolute Gasteiger partial charge is 0.489 e. The van der Waals surface area contributed by atoms with Crippen molar-refractivity contribution in [1.29, 1.82) is 0 Å². The average molecular weight is 254 g/mol. The molecule has 0 radical (unpaired) electrons. The lowest BCUT2D eigenvalue weighted by Gasteiger charge is -2.19. The summed E-state index contributed by atoms with van der Waals surface area (Å²) in [5.74, 6) is 0.978. The molecule has 0 spiro atoms. The van der Waals surface area contributed by atoms with Crippen LogP contribution in [0.5, 0.6) is 5.75 Å². The van der Waals surface area contributed by atoms with Crippen molar-refractivity contribution in [1.82, 2.24) is 4.90 Å². The molecule has 1 unspecified atom stereocenters. The van der Waals surface area contributed by atoms with Gasteiger partial charge in [0.2, 0.25) is 0 Å². The molecule has 1 atom stereocenters. The molecule has 17 heavy (non-hydrogen) atoms. The summed E-state index contributed by atoms with van der Waals surface area (Å²) < 4.78 is 5.94. The number of nitrogens with two attached hydrogens (primary N) is 1. The van der Waals surface area contributed by atoms with E-state index in [1.807, 2.05) is 11.4 Å². The summed E-state index contributed by atoms with van der Waals surface area (Å²) in [5.41, 5.74) is 5.67. The van der Waals surface area contributed by atoms with Gasteiger partial charge in [-0.15, -0.1) is 11.3 Å². The maximum atomic E-state index is 5.94. The fraction of sp³-hybridized carbons (Fsp3) is 0.692. The number of rotatable bonds is 6. The summed E-state index contributed by atoms with van der Waals surface area (Å²) in [5, 5.41) is 2.05. The Labute approximate surface area is 108 Å². The predicted molar refractivity (Wildman–Crippen MR) is 72.6 cm³/mol. The monoisotopic (exact) mass is 254 g/mol. The lowest BCUT2D eigenvalue weighted by atomic mass is 10.2. The van der Waals surface area contributed by atoms with Crippen LogP contribution in [-0.2, 0) is 6.54 Å². The van der Waals surface area contributed by atoms with Crippen LogP contribution in [0.15, 0.2) is 11.4 Å². The van der Waals surface area contributed by atoms with Gasteiger partial charge in [0.25, 0.3) is 0 Å². The Morgan fingerprint density at radius 2 is 2.24 bits per heavy atom. The first-order valence-corrected chi connectivity index (χ1v) is 7.33. The molecule has 1 aliphatic heterocycles. The SMILES string of the molecule is CC(CCN1CCCC1)Oc1ccsc1CN. The van der Waals surface area contributed by atoms with Gasteiger partial charge in [0.15, 0.2) is 0 Å². The Bertz CT molecular complexity index is 334. The second kappa shape index (κ2) is 6.38. The molecule has 0 saturated carbocycles. The number of likely N-dealkylation sites (tertiary alicyclic amines) is 1. The van der Waals surface area contributed by atoms with Crippen molar-refractivity contribution >= 4 is 11.3 Å². The van der Waals surface area contributed by atoms with E-state index >= 15 is 0 Å². The van der Waals surface area contributed by atoms with Crippen LogP contribution >= 0.6 is 11.3 Å². The highest BCUT2D eigenvalue weighted by Crippen LogP contribution is 2.25. The molecule has 1 fully saturated rings. The van der Waals surface area contributed by atoms with Crippen molar-refractivity contribution in [3.05, 3.63) is 16.3 Å². The van der Waals surface area contributed by atoms with E-state index in [9.17, 15) is 0 Å². The number of hydrogen-bond acceptors (Lipinski definition) is 4. The normalized spacial score (nSPS) is 18.5. The van der Waals surface area contributed by atoms with Crippen LogP contribution in [0.3, 0.4) is 0 Å². The molecular formula is C13H22N2OS. The first kappa shape index (κ1) is 12.9. The van der Waals surface area contributed by atoms with Gasteiger partial charge in [-0.2, -0.15) is 0 Å². The van der Waals surface area contributed by atoms with E-state index in [4.69, 9.17) is 10.5 Å². The molecule has 0 aliphatic carbocycles. The van der Waals surface area contributed by atoms with E-state index in [1.54, 1.807) is 11.3 Å². The maximum Gasteiger partial charge on any atom is 0.134 e. The van der Waals surface area contributed by atoms with Gasteiger partial charge in [-0.05, 0) is 50.7 Å². The molecule has 3 nitrogen and oxygen atoms in total. The molecule has 2 heterocycles. The topological polar surface area (TPSA) is 38.5 Å². The Balaban J connectivity index is 1.74. The third kappa shape index (κ3) is 3.69. The molecule has 96 valence electrons. The van der Waals surface area contributed by atoms with E-state index in [2.05, 4.69) is 11.8 Å². The molecular weight excluding hydrogens is 232 g/mol. The van der Waals surface area contributed by atoms with Gasteiger partial charge in [0.1, 0.15) is 5.75 Å². The van der Waals surface area contributed by atoms with Crippen molar-refractivity contribution in [3.63, 3.8) is 0 Å². The summed E-state index contributed by atoms with van der Waals surface area (Å²) in [7, 11) is 0. The van der Waals surface area contributed by atoms with E-state index in [0.717, 1.165) is 23.6 Å². The Morgan fingerprint density at radius 1 is 1.47 bits per heavy atom. The highest BCUT2D eigenvalue weighted by molar-refractivity contribution is 7.10. The minimum atomic E-state index is 0.274. The van der Waals surface area contributed by atoms with Crippen molar-refractivity contribution in [2.75, 3.05) is 19.6 Å². The van der Waals surface area contributed by atoms with Crippen molar-refractivity contribution < 1.29 is 4.74 Å². The zero-order valence-corrected chi connectivity index (χ0v) is 11.3. The van der Waals surface area contributed by atoms with Gasteiger partial charge in [-0.3, -0.25) is 0 Å². The maximum absolute atomic E-state index is 5.94. The smallest absolute Gasteiger partial charge is 0.134 e. The second-order valence-electron chi connectivity index (χ2n) is 4.68. The fourth-order valence-corrected chi connectivity index (χ4v) is 2.91. The van der Waals surface area contributed by atoms with E-state index < -0.39 is 0 Å². The standard InChI is InChI=1S/C13H22N2OS/c1-11(4-8-15-6-2-3-7-15)16-12-5-9-17-13(12)10-14/h5,9,11H,2-4,6-8,10,14H2,1H3. The first-order valence-electron chi connectivity index (χ1n) is 6.45. The highest BCUT2D eigenvalue weighted by Gasteiger charge is 2.14. The lowest BCUT2D eigenvalue weighted by molar-refractivity contribution is 0.186. The molecule has 1 aromatic heterocycles. The van der Waals surface area contributed by atoms with E-state index in [0.29, 0.717) is 6.54 Å². The number of nitrogens with zero attached hydrogens (tertiary/aromatic N) is 1. The van der Waals surface area contributed by atoms with Gasteiger partial charge < -0.3 is 15.4 Å². The van der Waals surface area contributed by atoms with Crippen molar-refractivity contribution in [2.45, 2.75) is 38.8 Å². The molecule has 1 aromatic rings. The summed E-state index contributed by atoms with van der Waals surface area (Å²) >= 11 is 1.67. The first-order chi connectivity index (χ1) is 8.29. The predicted octanol–water partition coefficient (Wildman–Crippen LogP) is 2.46. The highest BCUT2D eigenvalue weighted by atomic mass is 32.1. The number of thiophene rings is 1. The van der Waals surface area contributed by atoms with Gasteiger partial charge >= 0.3 is 0 Å². The fourth-order valence-electron chi connectivity index (χ4n) is 2.23. The van der Waals surface area contributed by atoms with Gasteiger partial charge in [-0.1, -0.05) is 0 Å². The third-order valence-electron chi connectivity index (χ3n) is 3.27. The molecule has 1 saturated heterocycles. The van der Waals surface area contributed by atoms with Crippen LogP contribution in [0.25, 0.3) is 0 Å². The van der Waals surface area contributed by atoms with E-state index in [1.165, 1.54) is 25.9 Å². The Morgan fingerprint density at radius 3 is 2.94 bits per heavy atom. The molecule has 2 rings (SSSR count). The minimum absolute atomic E-state index is 0.274. The van der Waals surface area contributed by atoms with Gasteiger partial charge in [0, 0.05) is 13.1 Å². The van der Waals surface area contributed by atoms with Crippen LogP contribution in [0.2, 0.25) is 0 Å². The van der Waals surface area contributed by atoms with Crippen LogP contribution in [0.1, 0.15) is 31.1 Å². The quantitative estimate of drug-likeness (QED) is 0.847. The summed E-state index contributed by atoms with van der Waals surface area (Å²) in [4.78, 5) is 3.68. The lowest BCUT2D eigenvalue weighted by Crippen LogP contribution is -2.25. The average Bonchev–Trinajstić information content (AvgIpc) is 2.97. The number of ether oxygens (including phenoxy) is 1. The van der Waals surface area contributed by atoms with Gasteiger partial charge in [-0.25, -0.2) is 0 Å². The molecule has 1 aliphatic rings. The zero-order valence-electron chi connectivity index (χ0n) is 10.5. The van der Waals surface area contributed by atoms with Crippen molar-refractivity contribution in [3.8, 4) is 5.75 Å². The third-order valence-corrected chi connectivity index (χ3v) is 4.19. The minimum Gasteiger partial charge on any atom is -0.489 e. The van der Waals surface area contributed by atoms with Crippen LogP contribution in [0.4, 0.5) is 0 Å². The Kier molecular flexibility index (Phi) is 4.83. The zero-order chi connectivity index (χ0) is 12.1. The summed E-state index contributed by atoms with van der Waals surface area (Å²) in [6.45, 7) is 6.40. The van der Waals surface area contributed by atoms with Crippen LogP contribution in [0, 0.1) is 0 Å². The number of hydrogen-bond donors (Lipinski definition) is 1. The molecule has 0 bridgehead atoms. The molecule has 0 amide bonds.